The molecule has 1 aliphatic rings. The zero-order chi connectivity index (χ0) is 19.6. The van der Waals surface area contributed by atoms with Gasteiger partial charge in [-0.05, 0) is 45.5 Å². The van der Waals surface area contributed by atoms with E-state index in [0.717, 1.165) is 41.0 Å². The summed E-state index contributed by atoms with van der Waals surface area (Å²) in [5.41, 5.74) is 7.94. The van der Waals surface area contributed by atoms with Gasteiger partial charge in [-0.1, -0.05) is 91.0 Å². The van der Waals surface area contributed by atoms with Gasteiger partial charge in [-0.3, -0.25) is 0 Å². The fraction of sp³-hybridized carbons (Fsp3) is 0.111. The number of aliphatic hydroxyl groups excluding tert-OH is 1. The van der Waals surface area contributed by atoms with E-state index in [9.17, 15) is 5.11 Å². The average Bonchev–Trinajstić information content (AvgIpc) is 3.07. The maximum Gasteiger partial charge on any atom is 0.105 e. The quantitative estimate of drug-likeness (QED) is 0.464. The minimum Gasteiger partial charge on any atom is -0.384 e. The van der Waals surface area contributed by atoms with Gasteiger partial charge in [-0.15, -0.1) is 0 Å². The summed E-state index contributed by atoms with van der Waals surface area (Å²) in [5.74, 6) is 0. The topological polar surface area (TPSA) is 23.5 Å². The Morgan fingerprint density at radius 3 is 1.79 bits per heavy atom. The first kappa shape index (κ1) is 17.7. The van der Waals surface area contributed by atoms with Crippen molar-refractivity contribution in [2.24, 2.45) is 0 Å². The first-order chi connectivity index (χ1) is 14.3. The molecular formula is C27H23NO. The number of benzene rings is 4. The van der Waals surface area contributed by atoms with Gasteiger partial charge in [-0.2, -0.15) is 0 Å². The highest BCUT2D eigenvalue weighted by atomic mass is 16.3. The SMILES string of the molecule is O[C@H]1c2ccccc2-c2ccc(N(Cc3ccccc3)Cc3ccccc3)cc21. The lowest BCUT2D eigenvalue weighted by atomic mass is 10.0. The predicted octanol–water partition coefficient (Wildman–Crippen LogP) is 5.96. The van der Waals surface area contributed by atoms with Gasteiger partial charge in [0.2, 0.25) is 0 Å². The third kappa shape index (κ3) is 3.43. The average molecular weight is 377 g/mol. The van der Waals surface area contributed by atoms with Gasteiger partial charge in [0.1, 0.15) is 6.10 Å². The van der Waals surface area contributed by atoms with Gasteiger partial charge in [0.15, 0.2) is 0 Å². The summed E-state index contributed by atoms with van der Waals surface area (Å²) in [6, 6.07) is 35.7. The minimum atomic E-state index is -0.559. The molecule has 4 aromatic rings. The van der Waals surface area contributed by atoms with Crippen LogP contribution in [0, 0.1) is 0 Å². The fourth-order valence-corrected chi connectivity index (χ4v) is 4.21. The highest BCUT2D eigenvalue weighted by molar-refractivity contribution is 5.80. The van der Waals surface area contributed by atoms with Gasteiger partial charge < -0.3 is 10.0 Å². The number of nitrogens with zero attached hydrogens (tertiary/aromatic N) is 1. The molecule has 0 spiro atoms. The molecule has 2 heteroatoms. The van der Waals surface area contributed by atoms with Crippen LogP contribution in [-0.4, -0.2) is 5.11 Å². The van der Waals surface area contributed by atoms with Crippen molar-refractivity contribution in [3.8, 4) is 11.1 Å². The Bertz CT molecular complexity index is 1080. The Kier molecular flexibility index (Phi) is 4.63. The van der Waals surface area contributed by atoms with E-state index >= 15 is 0 Å². The van der Waals surface area contributed by atoms with Crippen LogP contribution in [0.2, 0.25) is 0 Å². The maximum absolute atomic E-state index is 10.9. The molecule has 0 aromatic heterocycles. The van der Waals surface area contributed by atoms with Crippen LogP contribution < -0.4 is 4.90 Å². The summed E-state index contributed by atoms with van der Waals surface area (Å²) in [5, 5.41) is 10.9. The van der Waals surface area contributed by atoms with E-state index in [-0.39, 0.29) is 0 Å². The Balaban J connectivity index is 1.52. The largest absolute Gasteiger partial charge is 0.384 e. The maximum atomic E-state index is 10.9. The number of anilines is 1. The van der Waals surface area contributed by atoms with E-state index in [1.807, 2.05) is 30.3 Å². The van der Waals surface area contributed by atoms with Crippen LogP contribution in [0.15, 0.2) is 103 Å². The molecule has 29 heavy (non-hydrogen) atoms. The van der Waals surface area contributed by atoms with E-state index in [1.165, 1.54) is 11.1 Å². The van der Waals surface area contributed by atoms with E-state index in [2.05, 4.69) is 77.7 Å². The van der Waals surface area contributed by atoms with Crippen molar-refractivity contribution in [2.45, 2.75) is 19.2 Å². The van der Waals surface area contributed by atoms with Crippen molar-refractivity contribution in [3.63, 3.8) is 0 Å². The third-order valence-corrected chi connectivity index (χ3v) is 5.67. The molecule has 0 amide bonds. The van der Waals surface area contributed by atoms with Crippen LogP contribution in [0.25, 0.3) is 11.1 Å². The lowest BCUT2D eigenvalue weighted by molar-refractivity contribution is 0.225. The molecule has 0 radical (unpaired) electrons. The van der Waals surface area contributed by atoms with Gasteiger partial charge >= 0.3 is 0 Å². The number of rotatable bonds is 5. The summed E-state index contributed by atoms with van der Waals surface area (Å²) in [4.78, 5) is 2.38. The van der Waals surface area contributed by atoms with Crippen molar-refractivity contribution < 1.29 is 5.11 Å². The fourth-order valence-electron chi connectivity index (χ4n) is 4.21. The number of hydrogen-bond donors (Lipinski definition) is 1. The van der Waals surface area contributed by atoms with E-state index in [0.29, 0.717) is 0 Å². The highest BCUT2D eigenvalue weighted by Gasteiger charge is 2.27. The normalized spacial score (nSPS) is 14.3. The van der Waals surface area contributed by atoms with E-state index in [1.54, 1.807) is 0 Å². The van der Waals surface area contributed by atoms with Gasteiger partial charge in [0, 0.05) is 18.8 Å². The lowest BCUT2D eigenvalue weighted by Gasteiger charge is -2.26. The smallest absolute Gasteiger partial charge is 0.105 e. The van der Waals surface area contributed by atoms with Crippen LogP contribution in [0.5, 0.6) is 0 Å². The molecule has 142 valence electrons. The zero-order valence-corrected chi connectivity index (χ0v) is 16.2. The number of aliphatic hydroxyl groups is 1. The molecule has 0 bridgehead atoms. The molecule has 2 nitrogen and oxygen atoms in total. The second kappa shape index (κ2) is 7.57. The molecule has 0 saturated carbocycles. The Morgan fingerprint density at radius 1 is 0.586 bits per heavy atom. The van der Waals surface area contributed by atoms with Crippen LogP contribution in [0.4, 0.5) is 5.69 Å². The molecule has 0 unspecified atom stereocenters. The standard InChI is InChI=1S/C27H23NO/c29-27-25-14-8-7-13-23(25)24-16-15-22(17-26(24)27)28(18-20-9-3-1-4-10-20)19-21-11-5-2-6-12-21/h1-17,27,29H,18-19H2/t27-/m0/s1. The Morgan fingerprint density at radius 2 is 1.14 bits per heavy atom. The van der Waals surface area contributed by atoms with Crippen LogP contribution in [-0.2, 0) is 13.1 Å². The summed E-state index contributed by atoms with van der Waals surface area (Å²) in [7, 11) is 0. The second-order valence-electron chi connectivity index (χ2n) is 7.59. The third-order valence-electron chi connectivity index (χ3n) is 5.67. The molecule has 1 atom stereocenters. The molecule has 1 N–H and O–H groups in total. The molecule has 0 fully saturated rings. The van der Waals surface area contributed by atoms with Gasteiger partial charge in [0.25, 0.3) is 0 Å². The number of hydrogen-bond acceptors (Lipinski definition) is 2. The van der Waals surface area contributed by atoms with Gasteiger partial charge in [-0.25, -0.2) is 0 Å². The van der Waals surface area contributed by atoms with E-state index in [4.69, 9.17) is 0 Å². The van der Waals surface area contributed by atoms with Crippen molar-refractivity contribution >= 4 is 5.69 Å². The zero-order valence-electron chi connectivity index (χ0n) is 16.2. The molecule has 0 heterocycles. The summed E-state index contributed by atoms with van der Waals surface area (Å²) < 4.78 is 0. The molecule has 1 aliphatic carbocycles. The summed E-state index contributed by atoms with van der Waals surface area (Å²) in [6.45, 7) is 1.63. The Hall–Kier alpha value is -3.36. The molecule has 5 rings (SSSR count). The first-order valence-electron chi connectivity index (χ1n) is 10.0. The van der Waals surface area contributed by atoms with Crippen molar-refractivity contribution in [3.05, 3.63) is 125 Å². The van der Waals surface area contributed by atoms with Crippen LogP contribution >= 0.6 is 0 Å². The van der Waals surface area contributed by atoms with Crippen LogP contribution in [0.3, 0.4) is 0 Å². The van der Waals surface area contributed by atoms with Crippen molar-refractivity contribution in [1.29, 1.82) is 0 Å². The monoisotopic (exact) mass is 377 g/mol. The molecular weight excluding hydrogens is 354 g/mol. The highest BCUT2D eigenvalue weighted by Crippen LogP contribution is 2.44. The predicted molar refractivity (Wildman–Crippen MR) is 119 cm³/mol. The minimum absolute atomic E-state index is 0.559. The Labute approximate surface area is 171 Å². The van der Waals surface area contributed by atoms with E-state index < -0.39 is 6.10 Å². The van der Waals surface area contributed by atoms with Gasteiger partial charge in [0.05, 0.1) is 0 Å². The first-order valence-corrected chi connectivity index (χ1v) is 10.0. The van der Waals surface area contributed by atoms with Crippen molar-refractivity contribution in [1.82, 2.24) is 0 Å². The van der Waals surface area contributed by atoms with Crippen LogP contribution in [0.1, 0.15) is 28.4 Å². The summed E-state index contributed by atoms with van der Waals surface area (Å²) in [6.07, 6.45) is -0.559. The van der Waals surface area contributed by atoms with Crippen molar-refractivity contribution in [2.75, 3.05) is 4.90 Å². The second-order valence-corrected chi connectivity index (χ2v) is 7.59. The summed E-state index contributed by atoms with van der Waals surface area (Å²) >= 11 is 0. The molecule has 0 saturated heterocycles. The lowest BCUT2D eigenvalue weighted by Crippen LogP contribution is -2.22. The number of fused-ring (bicyclic) bond motifs is 3. The molecule has 4 aromatic carbocycles. The molecule has 0 aliphatic heterocycles.